The van der Waals surface area contributed by atoms with Crippen LogP contribution in [0.4, 0.5) is 0 Å². The predicted octanol–water partition coefficient (Wildman–Crippen LogP) is 2.25. The van der Waals surface area contributed by atoms with Crippen molar-refractivity contribution in [3.05, 3.63) is 11.8 Å². The Labute approximate surface area is 58.4 Å². The van der Waals surface area contributed by atoms with Crippen molar-refractivity contribution >= 4 is 0 Å². The highest BCUT2D eigenvalue weighted by molar-refractivity contribution is 4.96. The molecule has 0 radical (unpaired) electrons. The van der Waals surface area contributed by atoms with E-state index in [2.05, 4.69) is 38.8 Å². The van der Waals surface area contributed by atoms with Crippen molar-refractivity contribution in [3.63, 3.8) is 0 Å². The summed E-state index contributed by atoms with van der Waals surface area (Å²) in [5, 5.41) is 0. The van der Waals surface area contributed by atoms with Crippen LogP contribution in [0, 0.1) is 0 Å². The van der Waals surface area contributed by atoms with Gasteiger partial charge < -0.3 is 4.90 Å². The lowest BCUT2D eigenvalue weighted by molar-refractivity contribution is 0.427. The van der Waals surface area contributed by atoms with Crippen LogP contribution in [-0.2, 0) is 0 Å². The Morgan fingerprint density at radius 3 is 2.11 bits per heavy atom. The maximum atomic E-state index is 2.26. The van der Waals surface area contributed by atoms with Gasteiger partial charge in [0.15, 0.2) is 0 Å². The summed E-state index contributed by atoms with van der Waals surface area (Å²) in [6.45, 7) is 7.54. The smallest absolute Gasteiger partial charge is 0.0143 e. The van der Waals surface area contributed by atoms with Gasteiger partial charge in [0.25, 0.3) is 0 Å². The Kier molecular flexibility index (Phi) is 4.20. The summed E-state index contributed by atoms with van der Waals surface area (Å²) < 4.78 is 0. The molecule has 0 fully saturated rings. The largest absolute Gasteiger partial charge is 0.378 e. The molecule has 0 aromatic heterocycles. The Hall–Kier alpha value is -0.460. The van der Waals surface area contributed by atoms with Crippen molar-refractivity contribution < 1.29 is 0 Å². The van der Waals surface area contributed by atoms with Crippen LogP contribution < -0.4 is 0 Å². The molecule has 9 heavy (non-hydrogen) atoms. The summed E-state index contributed by atoms with van der Waals surface area (Å²) in [6, 6.07) is 0. The van der Waals surface area contributed by atoms with E-state index in [0.29, 0.717) is 0 Å². The molecule has 0 bridgehead atoms. The van der Waals surface area contributed by atoms with E-state index in [9.17, 15) is 0 Å². The van der Waals surface area contributed by atoms with Crippen LogP contribution >= 0.6 is 0 Å². The molecule has 0 atom stereocenters. The third-order valence-electron chi connectivity index (χ3n) is 1.66. The average molecular weight is 127 g/mol. The number of allylic oxidation sites excluding steroid dienone is 2. The average Bonchev–Trinajstić information content (AvgIpc) is 1.90. The fourth-order valence-corrected chi connectivity index (χ4v) is 0.898. The monoisotopic (exact) mass is 127 g/mol. The number of rotatable bonds is 3. The van der Waals surface area contributed by atoms with Crippen LogP contribution in [0.2, 0.25) is 0 Å². The van der Waals surface area contributed by atoms with Crippen molar-refractivity contribution in [2.24, 2.45) is 0 Å². The normalized spacial score (nSPS) is 11.8. The van der Waals surface area contributed by atoms with Gasteiger partial charge in [0, 0.05) is 19.3 Å². The van der Waals surface area contributed by atoms with E-state index in [4.69, 9.17) is 0 Å². The van der Waals surface area contributed by atoms with Gasteiger partial charge in [-0.3, -0.25) is 0 Å². The molecule has 0 heterocycles. The minimum Gasteiger partial charge on any atom is -0.378 e. The van der Waals surface area contributed by atoms with E-state index in [1.165, 1.54) is 5.70 Å². The lowest BCUT2D eigenvalue weighted by atomic mass is 10.3. The maximum absolute atomic E-state index is 2.26. The highest BCUT2D eigenvalue weighted by Crippen LogP contribution is 2.03. The summed E-state index contributed by atoms with van der Waals surface area (Å²) in [4.78, 5) is 2.26. The zero-order chi connectivity index (χ0) is 7.28. The van der Waals surface area contributed by atoms with Gasteiger partial charge in [-0.25, -0.2) is 0 Å². The summed E-state index contributed by atoms with van der Waals surface area (Å²) in [5.74, 6) is 0. The number of hydrogen-bond acceptors (Lipinski definition) is 1. The van der Waals surface area contributed by atoms with Gasteiger partial charge in [0.2, 0.25) is 0 Å². The standard InChI is InChI=1S/C8H17N/c1-5-8(6-2)9(4)7-3/h5H,6-7H2,1-4H3. The molecule has 0 unspecified atom stereocenters. The Balaban J connectivity index is 3.80. The first-order chi connectivity index (χ1) is 4.26. The van der Waals surface area contributed by atoms with Crippen molar-refractivity contribution in [1.29, 1.82) is 0 Å². The Morgan fingerprint density at radius 1 is 1.44 bits per heavy atom. The van der Waals surface area contributed by atoms with E-state index in [0.717, 1.165) is 13.0 Å². The van der Waals surface area contributed by atoms with Crippen molar-refractivity contribution in [1.82, 2.24) is 4.90 Å². The second-order valence-corrected chi connectivity index (χ2v) is 2.15. The van der Waals surface area contributed by atoms with Crippen LogP contribution in [0.1, 0.15) is 27.2 Å². The molecule has 0 N–H and O–H groups in total. The molecular formula is C8H17N. The molecule has 0 aromatic rings. The topological polar surface area (TPSA) is 3.24 Å². The van der Waals surface area contributed by atoms with Gasteiger partial charge in [-0.05, 0) is 20.3 Å². The second-order valence-electron chi connectivity index (χ2n) is 2.15. The zero-order valence-electron chi connectivity index (χ0n) is 6.94. The molecule has 0 aliphatic carbocycles. The van der Waals surface area contributed by atoms with E-state index in [-0.39, 0.29) is 0 Å². The first-order valence-corrected chi connectivity index (χ1v) is 3.62. The lowest BCUT2D eigenvalue weighted by Crippen LogP contribution is -2.15. The van der Waals surface area contributed by atoms with Gasteiger partial charge >= 0.3 is 0 Å². The molecule has 1 heteroatoms. The summed E-state index contributed by atoms with van der Waals surface area (Å²) in [5.41, 5.74) is 1.43. The summed E-state index contributed by atoms with van der Waals surface area (Å²) in [6.07, 6.45) is 3.31. The molecule has 0 aliphatic rings. The molecule has 0 aromatic carbocycles. The van der Waals surface area contributed by atoms with Gasteiger partial charge in [0.05, 0.1) is 0 Å². The Bertz CT molecular complexity index is 94.7. The van der Waals surface area contributed by atoms with E-state index in [1.807, 2.05) is 0 Å². The van der Waals surface area contributed by atoms with Crippen LogP contribution in [0.25, 0.3) is 0 Å². The van der Waals surface area contributed by atoms with Crippen molar-refractivity contribution in [2.75, 3.05) is 13.6 Å². The molecule has 0 aliphatic heterocycles. The number of nitrogens with zero attached hydrogens (tertiary/aromatic N) is 1. The molecule has 0 spiro atoms. The third kappa shape index (κ3) is 2.54. The Morgan fingerprint density at radius 2 is 2.00 bits per heavy atom. The van der Waals surface area contributed by atoms with Crippen molar-refractivity contribution in [3.8, 4) is 0 Å². The van der Waals surface area contributed by atoms with Gasteiger partial charge in [0.1, 0.15) is 0 Å². The van der Waals surface area contributed by atoms with Crippen LogP contribution in [0.5, 0.6) is 0 Å². The molecule has 54 valence electrons. The van der Waals surface area contributed by atoms with Gasteiger partial charge in [-0.2, -0.15) is 0 Å². The molecule has 0 saturated heterocycles. The van der Waals surface area contributed by atoms with Gasteiger partial charge in [-0.1, -0.05) is 13.0 Å². The third-order valence-corrected chi connectivity index (χ3v) is 1.66. The van der Waals surface area contributed by atoms with Gasteiger partial charge in [-0.15, -0.1) is 0 Å². The van der Waals surface area contributed by atoms with E-state index < -0.39 is 0 Å². The minimum absolute atomic E-state index is 1.10. The van der Waals surface area contributed by atoms with E-state index in [1.54, 1.807) is 0 Å². The first-order valence-electron chi connectivity index (χ1n) is 3.62. The minimum atomic E-state index is 1.10. The summed E-state index contributed by atoms with van der Waals surface area (Å²) in [7, 11) is 2.12. The summed E-state index contributed by atoms with van der Waals surface area (Å²) >= 11 is 0. The highest BCUT2D eigenvalue weighted by atomic mass is 15.1. The SMILES string of the molecule is CC=C(CC)N(C)CC. The molecule has 0 rings (SSSR count). The molecule has 0 amide bonds. The fourth-order valence-electron chi connectivity index (χ4n) is 0.898. The van der Waals surface area contributed by atoms with Crippen LogP contribution in [0.3, 0.4) is 0 Å². The maximum Gasteiger partial charge on any atom is 0.0143 e. The molecule has 0 saturated carbocycles. The molecular weight excluding hydrogens is 110 g/mol. The first kappa shape index (κ1) is 8.54. The second kappa shape index (κ2) is 4.42. The number of hydrogen-bond donors (Lipinski definition) is 0. The van der Waals surface area contributed by atoms with Crippen LogP contribution in [-0.4, -0.2) is 18.5 Å². The highest BCUT2D eigenvalue weighted by Gasteiger charge is 1.94. The van der Waals surface area contributed by atoms with Crippen LogP contribution in [0.15, 0.2) is 11.8 Å². The van der Waals surface area contributed by atoms with Crippen molar-refractivity contribution in [2.45, 2.75) is 27.2 Å². The predicted molar refractivity (Wildman–Crippen MR) is 42.4 cm³/mol. The zero-order valence-corrected chi connectivity index (χ0v) is 6.94. The molecule has 1 nitrogen and oxygen atoms in total. The lowest BCUT2D eigenvalue weighted by Gasteiger charge is -2.18. The fraction of sp³-hybridized carbons (Fsp3) is 0.750. The quantitative estimate of drug-likeness (QED) is 0.562. The van der Waals surface area contributed by atoms with E-state index >= 15 is 0 Å².